The fraction of sp³-hybridized carbons (Fsp3) is 0.0435. The van der Waals surface area contributed by atoms with Crippen molar-refractivity contribution in [2.45, 2.75) is 6.54 Å². The van der Waals surface area contributed by atoms with E-state index >= 15 is 0 Å². The molecule has 150 valence electrons. The molecule has 0 unspecified atom stereocenters. The summed E-state index contributed by atoms with van der Waals surface area (Å²) in [6.07, 6.45) is 1.00. The van der Waals surface area contributed by atoms with Gasteiger partial charge in [0.1, 0.15) is 23.0 Å². The minimum atomic E-state index is -1.53. The first kappa shape index (κ1) is 19.4. The van der Waals surface area contributed by atoms with Gasteiger partial charge in [-0.05, 0) is 29.3 Å². The highest BCUT2D eigenvalue weighted by atomic mass is 19.1. The normalized spacial score (nSPS) is 11.0. The zero-order valence-corrected chi connectivity index (χ0v) is 15.4. The van der Waals surface area contributed by atoms with Gasteiger partial charge in [0, 0.05) is 18.3 Å². The van der Waals surface area contributed by atoms with Crippen LogP contribution in [-0.4, -0.2) is 15.6 Å². The molecule has 0 aliphatic carbocycles. The van der Waals surface area contributed by atoms with Crippen LogP contribution in [0.15, 0.2) is 71.7 Å². The van der Waals surface area contributed by atoms with Gasteiger partial charge in [-0.2, -0.15) is 0 Å². The van der Waals surface area contributed by atoms with Crippen molar-refractivity contribution in [1.82, 2.24) is 4.57 Å². The summed E-state index contributed by atoms with van der Waals surface area (Å²) >= 11 is 0. The number of carbonyl (C=O) groups is 1. The Morgan fingerprint density at radius 3 is 2.20 bits per heavy atom. The monoisotopic (exact) mass is 409 g/mol. The molecule has 0 aliphatic heterocycles. The molecule has 0 fully saturated rings. The molecular weight excluding hydrogens is 395 g/mol. The second-order valence-corrected chi connectivity index (χ2v) is 6.73. The van der Waals surface area contributed by atoms with Gasteiger partial charge in [0.25, 0.3) is 0 Å². The van der Waals surface area contributed by atoms with Gasteiger partial charge in [-0.25, -0.2) is 18.0 Å². The highest BCUT2D eigenvalue weighted by molar-refractivity contribution is 5.93. The van der Waals surface area contributed by atoms with Crippen LogP contribution < -0.4 is 5.43 Å². The number of halogens is 3. The van der Waals surface area contributed by atoms with E-state index < -0.39 is 34.0 Å². The predicted octanol–water partition coefficient (Wildman–Crippen LogP) is 4.83. The van der Waals surface area contributed by atoms with E-state index in [4.69, 9.17) is 0 Å². The van der Waals surface area contributed by atoms with Crippen molar-refractivity contribution in [3.8, 4) is 11.1 Å². The van der Waals surface area contributed by atoms with Crippen molar-refractivity contribution in [2.75, 3.05) is 0 Å². The number of rotatable bonds is 4. The molecule has 4 nitrogen and oxygen atoms in total. The molecule has 4 aromatic rings. The summed E-state index contributed by atoms with van der Waals surface area (Å²) in [6.45, 7) is -0.0189. The number of hydrogen-bond acceptors (Lipinski definition) is 2. The minimum absolute atomic E-state index is 0.0189. The standard InChI is InChI=1S/C23H14F3NO3/c24-17-4-2-1-3-15(17)14-7-5-13(6-8-14)11-27-12-16(23(29)30)22(28)20-18(25)9-10-19(26)21(20)27/h1-10,12H,11H2,(H,29,30). The lowest BCUT2D eigenvalue weighted by Crippen LogP contribution is -2.21. The SMILES string of the molecule is O=C(O)c1cn(Cc2ccc(-c3ccccc3F)cc2)c2c(F)ccc(F)c2c1=O. The van der Waals surface area contributed by atoms with E-state index in [0.29, 0.717) is 16.7 Å². The van der Waals surface area contributed by atoms with E-state index in [9.17, 15) is 27.9 Å². The molecule has 1 N–H and O–H groups in total. The topological polar surface area (TPSA) is 59.3 Å². The molecule has 0 bridgehead atoms. The van der Waals surface area contributed by atoms with E-state index in [1.54, 1.807) is 42.5 Å². The molecule has 1 aromatic heterocycles. The first-order chi connectivity index (χ1) is 14.4. The highest BCUT2D eigenvalue weighted by Gasteiger charge is 2.20. The van der Waals surface area contributed by atoms with Crippen molar-refractivity contribution in [1.29, 1.82) is 0 Å². The molecule has 0 aliphatic rings. The zero-order chi connectivity index (χ0) is 21.4. The summed E-state index contributed by atoms with van der Waals surface area (Å²) in [4.78, 5) is 23.8. The van der Waals surface area contributed by atoms with Gasteiger partial charge in [0.05, 0.1) is 10.9 Å². The fourth-order valence-electron chi connectivity index (χ4n) is 3.41. The second-order valence-electron chi connectivity index (χ2n) is 6.73. The second kappa shape index (κ2) is 7.51. The molecule has 0 saturated heterocycles. The van der Waals surface area contributed by atoms with Crippen LogP contribution in [0.3, 0.4) is 0 Å². The first-order valence-corrected chi connectivity index (χ1v) is 8.95. The van der Waals surface area contributed by atoms with E-state index in [1.807, 2.05) is 0 Å². The number of hydrogen-bond donors (Lipinski definition) is 1. The molecule has 4 rings (SSSR count). The average molecular weight is 409 g/mol. The van der Waals surface area contributed by atoms with Crippen LogP contribution in [0.25, 0.3) is 22.0 Å². The third kappa shape index (κ3) is 3.34. The summed E-state index contributed by atoms with van der Waals surface area (Å²) in [5.74, 6) is -3.75. The third-order valence-electron chi connectivity index (χ3n) is 4.84. The maximum atomic E-state index is 14.5. The number of aromatic carboxylic acids is 1. The Hall–Kier alpha value is -3.87. The summed E-state index contributed by atoms with van der Waals surface area (Å²) in [5.41, 5.74) is -0.386. The number of pyridine rings is 1. The lowest BCUT2D eigenvalue weighted by atomic mass is 10.0. The van der Waals surface area contributed by atoms with Gasteiger partial charge < -0.3 is 9.67 Å². The van der Waals surface area contributed by atoms with Crippen LogP contribution >= 0.6 is 0 Å². The maximum Gasteiger partial charge on any atom is 0.341 e. The number of carboxylic acid groups (broad SMARTS) is 1. The Morgan fingerprint density at radius 1 is 0.867 bits per heavy atom. The summed E-state index contributed by atoms with van der Waals surface area (Å²) in [5, 5.41) is 8.69. The number of carboxylic acids is 1. The van der Waals surface area contributed by atoms with Gasteiger partial charge in [0.2, 0.25) is 5.43 Å². The van der Waals surface area contributed by atoms with Crippen LogP contribution in [0.4, 0.5) is 13.2 Å². The predicted molar refractivity (Wildman–Crippen MR) is 106 cm³/mol. The van der Waals surface area contributed by atoms with Crippen molar-refractivity contribution < 1.29 is 23.1 Å². The van der Waals surface area contributed by atoms with Crippen LogP contribution in [-0.2, 0) is 6.54 Å². The molecule has 7 heteroatoms. The average Bonchev–Trinajstić information content (AvgIpc) is 2.73. The third-order valence-corrected chi connectivity index (χ3v) is 4.84. The van der Waals surface area contributed by atoms with Gasteiger partial charge in [-0.15, -0.1) is 0 Å². The van der Waals surface area contributed by atoms with Crippen LogP contribution in [0.2, 0.25) is 0 Å². The zero-order valence-electron chi connectivity index (χ0n) is 15.4. The molecule has 30 heavy (non-hydrogen) atoms. The van der Waals surface area contributed by atoms with Crippen molar-refractivity contribution in [2.24, 2.45) is 0 Å². The summed E-state index contributed by atoms with van der Waals surface area (Å²) < 4.78 is 43.9. The van der Waals surface area contributed by atoms with Gasteiger partial charge in [0.15, 0.2) is 0 Å². The van der Waals surface area contributed by atoms with E-state index in [0.717, 1.165) is 18.3 Å². The maximum absolute atomic E-state index is 14.5. The number of fused-ring (bicyclic) bond motifs is 1. The van der Waals surface area contributed by atoms with Gasteiger partial charge in [-0.1, -0.05) is 42.5 Å². The van der Waals surface area contributed by atoms with Crippen LogP contribution in [0.1, 0.15) is 15.9 Å². The number of nitrogens with zero attached hydrogens (tertiary/aromatic N) is 1. The Bertz CT molecular complexity index is 1340. The van der Waals surface area contributed by atoms with Gasteiger partial charge in [-0.3, -0.25) is 4.79 Å². The van der Waals surface area contributed by atoms with Crippen LogP contribution in [0, 0.1) is 17.5 Å². The van der Waals surface area contributed by atoms with Gasteiger partial charge >= 0.3 is 5.97 Å². The molecule has 3 aromatic carbocycles. The Morgan fingerprint density at radius 2 is 1.53 bits per heavy atom. The molecular formula is C23H14F3NO3. The molecule has 0 saturated carbocycles. The lowest BCUT2D eigenvalue weighted by Gasteiger charge is -2.14. The quantitative estimate of drug-likeness (QED) is 0.525. The number of benzene rings is 3. The molecule has 0 amide bonds. The molecule has 0 radical (unpaired) electrons. The van der Waals surface area contributed by atoms with E-state index in [2.05, 4.69) is 0 Å². The minimum Gasteiger partial charge on any atom is -0.477 e. The van der Waals surface area contributed by atoms with Crippen molar-refractivity contribution in [3.05, 3.63) is 106 Å². The molecule has 0 atom stereocenters. The summed E-state index contributed by atoms with van der Waals surface area (Å²) in [6, 6.07) is 14.6. The number of aromatic nitrogens is 1. The van der Waals surface area contributed by atoms with Crippen LogP contribution in [0.5, 0.6) is 0 Å². The lowest BCUT2D eigenvalue weighted by molar-refractivity contribution is 0.0695. The smallest absolute Gasteiger partial charge is 0.341 e. The van der Waals surface area contributed by atoms with Crippen molar-refractivity contribution >= 4 is 16.9 Å². The molecule has 1 heterocycles. The van der Waals surface area contributed by atoms with E-state index in [-0.39, 0.29) is 17.9 Å². The fourth-order valence-corrected chi connectivity index (χ4v) is 3.41. The van der Waals surface area contributed by atoms with E-state index in [1.165, 1.54) is 10.6 Å². The Balaban J connectivity index is 1.82. The summed E-state index contributed by atoms with van der Waals surface area (Å²) in [7, 11) is 0. The largest absolute Gasteiger partial charge is 0.477 e. The highest BCUT2D eigenvalue weighted by Crippen LogP contribution is 2.24. The molecule has 0 spiro atoms. The Labute approximate surface area is 168 Å². The Kier molecular flexibility index (Phi) is 4.87. The first-order valence-electron chi connectivity index (χ1n) is 8.95. The van der Waals surface area contributed by atoms with Crippen molar-refractivity contribution in [3.63, 3.8) is 0 Å².